The molecule has 0 aromatic carbocycles. The Morgan fingerprint density at radius 1 is 0.207 bits per heavy atom. The second-order valence-electron chi connectivity index (χ2n) is 22.4. The Labute approximate surface area is 493 Å². The van der Waals surface area contributed by atoms with Gasteiger partial charge in [-0.1, -0.05) is 12.1 Å². The highest BCUT2D eigenvalue weighted by Crippen LogP contribution is 2.39. The van der Waals surface area contributed by atoms with Crippen LogP contribution in [0.15, 0.2) is 61.2 Å². The van der Waals surface area contributed by atoms with E-state index >= 15 is 0 Å². The highest BCUT2D eigenvalue weighted by molar-refractivity contribution is 5.02. The van der Waals surface area contributed by atoms with E-state index in [1.165, 1.54) is 0 Å². The molecule has 14 bridgehead atoms. The molecule has 0 radical (unpaired) electrons. The average Bonchev–Trinajstić information content (AvgIpc) is 3.69. The predicted octanol–water partition coefficient (Wildman–Crippen LogP) is -13.2. The molecule has 21 aliphatic heterocycles. The van der Waals surface area contributed by atoms with E-state index in [1.807, 2.05) is 0 Å². The Balaban J connectivity index is 0.966. The van der Waals surface area contributed by atoms with E-state index < -0.39 is 248 Å². The van der Waals surface area contributed by atoms with Crippen LogP contribution in [-0.2, 0) is 79.4 Å². The smallest absolute Gasteiger partial charge is 0.187 e. The van der Waals surface area contributed by atoms with Crippen LogP contribution in [0.3, 0.4) is 0 Å². The molecule has 492 valence electrons. The molecule has 0 aliphatic carbocycles. The first kappa shape index (κ1) is 66.9. The summed E-state index contributed by atoms with van der Waals surface area (Å²) in [6, 6.07) is 9.90. The van der Waals surface area contributed by atoms with Gasteiger partial charge in [-0.25, -0.2) is 9.13 Å². The lowest BCUT2D eigenvalue weighted by Gasteiger charge is -2.50. The zero-order chi connectivity index (χ0) is 62.3. The van der Waals surface area contributed by atoms with Crippen molar-refractivity contribution in [2.45, 2.75) is 228 Å². The molecular formula is C52H78N2O33+2. The monoisotopic (exact) mass is 1260 g/mol. The maximum absolute atomic E-state index is 11.9. The Hall–Kier alpha value is -3.02. The lowest BCUT2D eigenvalue weighted by molar-refractivity contribution is -0.707. The molecule has 2 aromatic heterocycles. The number of pyridine rings is 2. The summed E-state index contributed by atoms with van der Waals surface area (Å²) < 4.78 is 86.2. The van der Waals surface area contributed by atoms with Gasteiger partial charge < -0.3 is 163 Å². The quantitative estimate of drug-likeness (QED) is 0.104. The van der Waals surface area contributed by atoms with E-state index in [2.05, 4.69) is 0 Å². The third-order valence-electron chi connectivity index (χ3n) is 16.8. The van der Waals surface area contributed by atoms with Crippen molar-refractivity contribution in [3.8, 4) is 0 Å². The molecule has 0 saturated carbocycles. The van der Waals surface area contributed by atoms with Gasteiger partial charge in [-0.15, -0.1) is 0 Å². The van der Waals surface area contributed by atoms with Crippen molar-refractivity contribution in [2.75, 3.05) is 33.0 Å². The Morgan fingerprint density at radius 2 is 0.368 bits per heavy atom. The Kier molecular flexibility index (Phi) is 22.2. The van der Waals surface area contributed by atoms with Gasteiger partial charge >= 0.3 is 0 Å². The number of nitrogens with zero attached hydrogens (tertiary/aromatic N) is 2. The molecule has 0 spiro atoms. The van der Waals surface area contributed by atoms with Crippen molar-refractivity contribution in [3.63, 3.8) is 0 Å². The van der Waals surface area contributed by atoms with Crippen LogP contribution in [0.5, 0.6) is 0 Å². The van der Waals surface area contributed by atoms with E-state index in [0.29, 0.717) is 0 Å². The van der Waals surface area contributed by atoms with Gasteiger partial charge in [0.1, 0.15) is 171 Å². The molecule has 0 unspecified atom stereocenters. The number of aliphatic hydroxyl groups excluding tert-OH is 19. The van der Waals surface area contributed by atoms with Crippen LogP contribution < -0.4 is 9.13 Å². The van der Waals surface area contributed by atoms with Crippen molar-refractivity contribution in [1.82, 2.24) is 0 Å². The molecule has 35 atom stereocenters. The number of hydrogen-bond donors (Lipinski definition) is 19. The molecule has 35 heteroatoms. The molecule has 2 aromatic rings. The fraction of sp³-hybridized carbons (Fsp3) is 0.808. The summed E-state index contributed by atoms with van der Waals surface area (Å²) in [5.74, 6) is 0. The van der Waals surface area contributed by atoms with Crippen LogP contribution in [0.2, 0.25) is 0 Å². The topological polar surface area (TPSA) is 521 Å². The van der Waals surface area contributed by atoms with Gasteiger partial charge in [-0.05, 0) is 0 Å². The summed E-state index contributed by atoms with van der Waals surface area (Å²) >= 11 is 0. The van der Waals surface area contributed by atoms with E-state index in [0.717, 1.165) is 0 Å². The first-order chi connectivity index (χ1) is 41.7. The van der Waals surface area contributed by atoms with Crippen LogP contribution >= 0.6 is 0 Å². The van der Waals surface area contributed by atoms with Crippen LogP contribution in [-0.4, -0.2) is 345 Å². The Bertz CT molecular complexity index is 2390. The van der Waals surface area contributed by atoms with E-state index in [1.54, 1.807) is 70.3 Å². The molecule has 21 fully saturated rings. The van der Waals surface area contributed by atoms with E-state index in [4.69, 9.17) is 66.3 Å². The van der Waals surface area contributed by atoms with Crippen molar-refractivity contribution >= 4 is 0 Å². The summed E-state index contributed by atoms with van der Waals surface area (Å²) in [5.41, 5.74) is 0. The summed E-state index contributed by atoms with van der Waals surface area (Å²) in [7, 11) is 0. The third kappa shape index (κ3) is 13.7. The largest absolute Gasteiger partial charge is 0.394 e. The lowest BCUT2D eigenvalue weighted by Crippen LogP contribution is -2.69. The van der Waals surface area contributed by atoms with Gasteiger partial charge in [-0.2, -0.15) is 0 Å². The zero-order valence-electron chi connectivity index (χ0n) is 46.0. The average molecular weight is 1260 g/mol. The lowest BCUT2D eigenvalue weighted by atomic mass is 9.95. The number of hydrogen-bond acceptors (Lipinski definition) is 33. The molecule has 23 rings (SSSR count). The van der Waals surface area contributed by atoms with Crippen LogP contribution in [0.1, 0.15) is 0 Å². The van der Waals surface area contributed by atoms with Gasteiger partial charge in [0.05, 0.1) is 33.0 Å². The van der Waals surface area contributed by atoms with E-state index in [-0.39, 0.29) is 13.1 Å². The standard InChI is InChI=1S/C52H78N2O33/c55-13-20-41-27(62)34(69)48(76-20)81-39-18(11-53-7-3-1-4-8-53)75-47(33(68)26(39)61)84-42-21(14-56)78-50(36(71)29(42)64)86-44-23(16-58)80-52(38(73)31(44)66)87-45-24(17-59)79-51(37(72)30(45)65)85-43-22(15-57)77-49(35(70)28(43)63)82-40-19(12-54-9-5-2-6-10-54)74-46(83-41)32(67)25(40)60/h1-10,18-52,55-73H,11-17H2/q+2/t18-,19-,20-,21-,22-,23-,24-,25-,26-,27-,28-,29-,30-,31-,32-,33-,34-,35-,36-,37-,38-,39-,40-,41-,42-,43-,44-,45-,46-,47-,48-,49-,50-,51-,52-/m1/s1. The van der Waals surface area contributed by atoms with Gasteiger partial charge in [-0.3, -0.25) is 0 Å². The van der Waals surface area contributed by atoms with Crippen LogP contribution in [0.25, 0.3) is 0 Å². The van der Waals surface area contributed by atoms with E-state index in [9.17, 15) is 97.0 Å². The van der Waals surface area contributed by atoms with Gasteiger partial charge in [0.25, 0.3) is 0 Å². The van der Waals surface area contributed by atoms with Crippen molar-refractivity contribution in [2.24, 2.45) is 0 Å². The molecule has 0 amide bonds. The van der Waals surface area contributed by atoms with Gasteiger partial charge in [0.15, 0.2) is 81.9 Å². The Morgan fingerprint density at radius 3 is 0.540 bits per heavy atom. The second-order valence-corrected chi connectivity index (χ2v) is 22.4. The summed E-state index contributed by atoms with van der Waals surface area (Å²) in [6.07, 6.45) is -61.8. The van der Waals surface area contributed by atoms with Crippen LogP contribution in [0, 0.1) is 0 Å². The number of ether oxygens (including phenoxy) is 14. The van der Waals surface area contributed by atoms with Crippen molar-refractivity contribution in [3.05, 3.63) is 61.2 Å². The molecule has 35 nitrogen and oxygen atoms in total. The fourth-order valence-electron chi connectivity index (χ4n) is 11.9. The fourth-order valence-corrected chi connectivity index (χ4v) is 11.9. The maximum Gasteiger partial charge on any atom is 0.187 e. The highest BCUT2D eigenvalue weighted by atomic mass is 16.8. The first-order valence-electron chi connectivity index (χ1n) is 28.3. The SMILES string of the molecule is OC[C@H]1O[C@@H]2O[C@H]3[C@H](O)[C@@H](O)[C@@H](O[C@H]4[C@H](O)[C@@H](O)[C@@H](O[C@H]5[C@H](O)[C@@H](O)[C@@H](O[C@H]6[C@H](O)[C@@H](O)[C@@H](O[C@H]7[C@H](O)[C@@H](O)[C@@H](O[C@H]8[C@H](O)[C@@H](O)[C@@H](O[C@H]1[C@H](O)[C@H]2O)O[C@@H]8CO)O[C@@H]7CO)O[C@@H]6C[n+]1ccccc1)O[C@@H]5CO)O[C@@H]4C[n+]1ccccc1)O[C@@H]3CO. The number of aromatic nitrogens is 2. The van der Waals surface area contributed by atoms with Gasteiger partial charge in [0.2, 0.25) is 0 Å². The molecule has 21 saturated heterocycles. The highest BCUT2D eigenvalue weighted by Gasteiger charge is 2.60. The number of aliphatic hydroxyl groups is 19. The molecule has 87 heavy (non-hydrogen) atoms. The predicted molar refractivity (Wildman–Crippen MR) is 268 cm³/mol. The summed E-state index contributed by atoms with van der Waals surface area (Å²) in [4.78, 5) is 0. The summed E-state index contributed by atoms with van der Waals surface area (Å²) in [6.45, 7) is -5.54. The normalized spacial score (nSPS) is 50.3. The second kappa shape index (κ2) is 28.9. The molecule has 19 N–H and O–H groups in total. The minimum Gasteiger partial charge on any atom is -0.394 e. The van der Waals surface area contributed by atoms with Crippen molar-refractivity contribution in [1.29, 1.82) is 0 Å². The zero-order valence-corrected chi connectivity index (χ0v) is 46.0. The molecular weight excluding hydrogens is 1180 g/mol. The van der Waals surface area contributed by atoms with Gasteiger partial charge in [0, 0.05) is 24.3 Å². The van der Waals surface area contributed by atoms with Crippen molar-refractivity contribution < 1.29 is 172 Å². The third-order valence-corrected chi connectivity index (χ3v) is 16.8. The minimum atomic E-state index is -2.20. The molecule has 23 heterocycles. The maximum atomic E-state index is 11.9. The number of rotatable bonds is 9. The minimum absolute atomic E-state index is 0.230. The van der Waals surface area contributed by atoms with Crippen LogP contribution in [0.4, 0.5) is 0 Å². The molecule has 21 aliphatic rings. The summed E-state index contributed by atoms with van der Waals surface area (Å²) in [5, 5.41) is 215. The first-order valence-corrected chi connectivity index (χ1v) is 28.3.